The van der Waals surface area contributed by atoms with E-state index in [9.17, 15) is 8.42 Å². The van der Waals surface area contributed by atoms with Crippen molar-refractivity contribution in [3.8, 4) is 6.07 Å². The fraction of sp³-hybridized carbons (Fsp3) is 0.154. The second kappa shape index (κ2) is 5.94. The molecule has 1 unspecified atom stereocenters. The number of thiophene rings is 1. The number of nitriles is 1. The van der Waals surface area contributed by atoms with Crippen molar-refractivity contribution in [2.75, 3.05) is 0 Å². The molecule has 0 aliphatic heterocycles. The molecular weight excluding hydrogens is 316 g/mol. The summed E-state index contributed by atoms with van der Waals surface area (Å²) in [4.78, 5) is 0.822. The third kappa shape index (κ3) is 3.19. The van der Waals surface area contributed by atoms with Gasteiger partial charge in [-0.25, -0.2) is 13.1 Å². The van der Waals surface area contributed by atoms with Crippen molar-refractivity contribution in [2.45, 2.75) is 17.9 Å². The first-order valence-electron chi connectivity index (χ1n) is 5.69. The standard InChI is InChI=1S/C13H11ClN2O2S2/c1-9(12-3-2-6-19-12)16-20(17,18)13-7-10(8-15)4-5-11(13)14/h2-7,9,16H,1H3. The summed E-state index contributed by atoms with van der Waals surface area (Å²) in [5.74, 6) is 0. The minimum atomic E-state index is -3.78. The van der Waals surface area contributed by atoms with Crippen LogP contribution in [0, 0.1) is 11.3 Å². The maximum Gasteiger partial charge on any atom is 0.242 e. The Morgan fingerprint density at radius 3 is 2.75 bits per heavy atom. The zero-order chi connectivity index (χ0) is 14.8. The molecular formula is C13H11ClN2O2S2. The summed E-state index contributed by atoms with van der Waals surface area (Å²) in [5.41, 5.74) is 0.249. The molecule has 1 heterocycles. The number of hydrogen-bond donors (Lipinski definition) is 1. The third-order valence-electron chi connectivity index (χ3n) is 2.65. The second-order valence-corrected chi connectivity index (χ2v) is 7.18. The van der Waals surface area contributed by atoms with Crippen LogP contribution in [0.5, 0.6) is 0 Å². The molecule has 0 bridgehead atoms. The Balaban J connectivity index is 2.34. The van der Waals surface area contributed by atoms with Gasteiger partial charge in [0.2, 0.25) is 10.0 Å². The summed E-state index contributed by atoms with van der Waals surface area (Å²) in [5, 5.41) is 10.8. The number of nitrogens with one attached hydrogen (secondary N) is 1. The van der Waals surface area contributed by atoms with Crippen molar-refractivity contribution < 1.29 is 8.42 Å². The average Bonchev–Trinajstić information content (AvgIpc) is 2.92. The van der Waals surface area contributed by atoms with Crippen molar-refractivity contribution in [1.82, 2.24) is 4.72 Å². The molecule has 1 N–H and O–H groups in total. The molecule has 1 aromatic carbocycles. The van der Waals surface area contributed by atoms with Crippen LogP contribution in [0.15, 0.2) is 40.6 Å². The van der Waals surface area contributed by atoms with E-state index in [0.29, 0.717) is 0 Å². The fourth-order valence-electron chi connectivity index (χ4n) is 1.67. The number of halogens is 1. The molecule has 1 aromatic heterocycles. The zero-order valence-electron chi connectivity index (χ0n) is 10.5. The maximum atomic E-state index is 12.3. The molecule has 0 fully saturated rings. The number of benzene rings is 1. The summed E-state index contributed by atoms with van der Waals surface area (Å²) < 4.78 is 27.2. The Morgan fingerprint density at radius 1 is 1.40 bits per heavy atom. The van der Waals surface area contributed by atoms with Gasteiger partial charge in [-0.15, -0.1) is 11.3 Å². The van der Waals surface area contributed by atoms with Gasteiger partial charge in [-0.2, -0.15) is 5.26 Å². The van der Waals surface area contributed by atoms with Crippen LogP contribution < -0.4 is 4.72 Å². The molecule has 2 rings (SSSR count). The Bertz CT molecular complexity index is 749. The number of nitrogens with zero attached hydrogens (tertiary/aromatic N) is 1. The van der Waals surface area contributed by atoms with Gasteiger partial charge in [-0.3, -0.25) is 0 Å². The van der Waals surface area contributed by atoms with E-state index in [1.165, 1.54) is 29.5 Å². The molecule has 0 saturated heterocycles. The van der Waals surface area contributed by atoms with Crippen LogP contribution in [0.25, 0.3) is 0 Å². The van der Waals surface area contributed by atoms with Crippen molar-refractivity contribution in [3.63, 3.8) is 0 Å². The minimum Gasteiger partial charge on any atom is -0.207 e. The number of rotatable bonds is 4. The van der Waals surface area contributed by atoms with Crippen LogP contribution >= 0.6 is 22.9 Å². The summed E-state index contributed by atoms with van der Waals surface area (Å²) in [7, 11) is -3.78. The van der Waals surface area contributed by atoms with E-state index in [-0.39, 0.29) is 21.5 Å². The molecule has 0 spiro atoms. The van der Waals surface area contributed by atoms with Crippen molar-refractivity contribution >= 4 is 33.0 Å². The highest BCUT2D eigenvalue weighted by atomic mass is 35.5. The van der Waals surface area contributed by atoms with E-state index in [4.69, 9.17) is 16.9 Å². The van der Waals surface area contributed by atoms with E-state index in [1.54, 1.807) is 6.92 Å². The van der Waals surface area contributed by atoms with Gasteiger partial charge >= 0.3 is 0 Å². The highest BCUT2D eigenvalue weighted by Gasteiger charge is 2.22. The highest BCUT2D eigenvalue weighted by Crippen LogP contribution is 2.25. The van der Waals surface area contributed by atoms with Crippen LogP contribution in [0.4, 0.5) is 0 Å². The van der Waals surface area contributed by atoms with Crippen molar-refractivity contribution in [2.24, 2.45) is 0 Å². The van der Waals surface area contributed by atoms with Gasteiger partial charge in [0, 0.05) is 4.88 Å². The summed E-state index contributed by atoms with van der Waals surface area (Å²) in [6.07, 6.45) is 0. The SMILES string of the molecule is CC(NS(=O)(=O)c1cc(C#N)ccc1Cl)c1cccs1. The summed E-state index contributed by atoms with van der Waals surface area (Å²) >= 11 is 7.39. The van der Waals surface area contributed by atoms with Crippen LogP contribution in [0.1, 0.15) is 23.4 Å². The molecule has 0 saturated carbocycles. The van der Waals surface area contributed by atoms with Crippen LogP contribution in [-0.4, -0.2) is 8.42 Å². The highest BCUT2D eigenvalue weighted by molar-refractivity contribution is 7.89. The Morgan fingerprint density at radius 2 is 2.15 bits per heavy atom. The van der Waals surface area contributed by atoms with E-state index < -0.39 is 10.0 Å². The molecule has 0 radical (unpaired) electrons. The van der Waals surface area contributed by atoms with E-state index in [2.05, 4.69) is 4.72 Å². The lowest BCUT2D eigenvalue weighted by Crippen LogP contribution is -2.26. The molecule has 7 heteroatoms. The Hall–Kier alpha value is -1.39. The lowest BCUT2D eigenvalue weighted by atomic mass is 10.2. The van der Waals surface area contributed by atoms with Crippen LogP contribution in [0.2, 0.25) is 5.02 Å². The Labute approximate surface area is 126 Å². The van der Waals surface area contributed by atoms with Crippen molar-refractivity contribution in [3.05, 3.63) is 51.2 Å². The van der Waals surface area contributed by atoms with Crippen LogP contribution in [-0.2, 0) is 10.0 Å². The third-order valence-corrected chi connectivity index (χ3v) is 5.73. The van der Waals surface area contributed by atoms with Crippen LogP contribution in [0.3, 0.4) is 0 Å². The van der Waals surface area contributed by atoms with E-state index >= 15 is 0 Å². The van der Waals surface area contributed by atoms with Gasteiger partial charge in [0.1, 0.15) is 4.90 Å². The molecule has 20 heavy (non-hydrogen) atoms. The predicted octanol–water partition coefficient (Wildman–Crippen LogP) is 3.31. The van der Waals surface area contributed by atoms with Gasteiger partial charge in [-0.1, -0.05) is 17.7 Å². The number of sulfonamides is 1. The second-order valence-electron chi connectivity index (χ2n) is 4.12. The molecule has 2 aromatic rings. The normalized spacial score (nSPS) is 12.8. The lowest BCUT2D eigenvalue weighted by Gasteiger charge is -2.13. The monoisotopic (exact) mass is 326 g/mol. The summed E-state index contributed by atoms with van der Waals surface area (Å²) in [6, 6.07) is 9.40. The van der Waals surface area contributed by atoms with Gasteiger partial charge in [-0.05, 0) is 36.6 Å². The van der Waals surface area contributed by atoms with Gasteiger partial charge < -0.3 is 0 Å². The zero-order valence-corrected chi connectivity index (χ0v) is 12.9. The maximum absolute atomic E-state index is 12.3. The molecule has 0 aliphatic carbocycles. The van der Waals surface area contributed by atoms with Gasteiger partial charge in [0.05, 0.1) is 22.7 Å². The largest absolute Gasteiger partial charge is 0.242 e. The molecule has 104 valence electrons. The smallest absolute Gasteiger partial charge is 0.207 e. The van der Waals surface area contributed by atoms with E-state index in [0.717, 1.165) is 4.88 Å². The van der Waals surface area contributed by atoms with Crippen molar-refractivity contribution in [1.29, 1.82) is 5.26 Å². The predicted molar refractivity (Wildman–Crippen MR) is 79.2 cm³/mol. The quantitative estimate of drug-likeness (QED) is 0.937. The molecule has 0 amide bonds. The molecule has 4 nitrogen and oxygen atoms in total. The topological polar surface area (TPSA) is 70.0 Å². The van der Waals surface area contributed by atoms with Gasteiger partial charge in [0.25, 0.3) is 0 Å². The van der Waals surface area contributed by atoms with Gasteiger partial charge in [0.15, 0.2) is 0 Å². The fourth-order valence-corrected chi connectivity index (χ4v) is 4.23. The first-order chi connectivity index (χ1) is 9.44. The molecule has 0 aliphatic rings. The summed E-state index contributed by atoms with van der Waals surface area (Å²) in [6.45, 7) is 1.76. The first-order valence-corrected chi connectivity index (χ1v) is 8.43. The Kier molecular flexibility index (Phi) is 4.45. The average molecular weight is 327 g/mol. The van der Waals surface area contributed by atoms with E-state index in [1.807, 2.05) is 23.6 Å². The number of hydrogen-bond acceptors (Lipinski definition) is 4. The lowest BCUT2D eigenvalue weighted by molar-refractivity contribution is 0.568. The minimum absolute atomic E-state index is 0.0818. The molecule has 1 atom stereocenters. The first kappa shape index (κ1) is 15.0.